The van der Waals surface area contributed by atoms with E-state index in [9.17, 15) is 14.0 Å². The van der Waals surface area contributed by atoms with Gasteiger partial charge in [0, 0.05) is 49.5 Å². The minimum Gasteiger partial charge on any atom is -0.366 e. The average molecular weight is 386 g/mol. The predicted octanol–water partition coefficient (Wildman–Crippen LogP) is 2.63. The molecule has 1 aromatic carbocycles. The summed E-state index contributed by atoms with van der Waals surface area (Å²) in [6.07, 6.45) is 4.08. The lowest BCUT2D eigenvalue weighted by molar-refractivity contribution is -0.130. The van der Waals surface area contributed by atoms with Gasteiger partial charge in [0.15, 0.2) is 10.7 Å². The second-order valence-electron chi connectivity index (χ2n) is 6.59. The van der Waals surface area contributed by atoms with Crippen molar-refractivity contribution in [2.24, 2.45) is 0 Å². The van der Waals surface area contributed by atoms with E-state index in [0.717, 1.165) is 10.7 Å². The number of rotatable bonds is 4. The number of hydrogen-bond donors (Lipinski definition) is 0. The second-order valence-corrected chi connectivity index (χ2v) is 7.47. The number of halogens is 1. The van der Waals surface area contributed by atoms with E-state index in [4.69, 9.17) is 0 Å². The summed E-state index contributed by atoms with van der Waals surface area (Å²) in [5, 5.41) is 1.95. The van der Waals surface area contributed by atoms with E-state index < -0.39 is 5.82 Å². The van der Waals surface area contributed by atoms with Gasteiger partial charge in [0.25, 0.3) is 0 Å². The lowest BCUT2D eigenvalue weighted by Gasteiger charge is -2.36. The van der Waals surface area contributed by atoms with Crippen LogP contribution in [0.3, 0.4) is 0 Å². The Bertz CT molecular complexity index is 976. The quantitative estimate of drug-likeness (QED) is 0.647. The number of hydrogen-bond acceptors (Lipinski definition) is 5. The van der Waals surface area contributed by atoms with Crippen molar-refractivity contribution in [3.05, 3.63) is 53.0 Å². The standard InChI is InChI=1S/C19H19FN4O2S/c1-13(25)14-2-3-17(16(20)10-14)22-4-6-23(7-5-22)18(26)11-15-12-24-8-9-27-19(24)21-15/h2-3,8-10,12H,4-7,11H2,1H3. The number of nitrogens with zero attached hydrogens (tertiary/aromatic N) is 4. The first kappa shape index (κ1) is 17.7. The summed E-state index contributed by atoms with van der Waals surface area (Å²) in [5.74, 6) is -0.525. The van der Waals surface area contributed by atoms with Gasteiger partial charge >= 0.3 is 0 Å². The second kappa shape index (κ2) is 7.11. The van der Waals surface area contributed by atoms with E-state index in [-0.39, 0.29) is 18.1 Å². The van der Waals surface area contributed by atoms with Gasteiger partial charge in [-0.25, -0.2) is 9.37 Å². The third-order valence-electron chi connectivity index (χ3n) is 4.80. The first-order chi connectivity index (χ1) is 13.0. The van der Waals surface area contributed by atoms with Crippen LogP contribution in [0.15, 0.2) is 36.0 Å². The lowest BCUT2D eigenvalue weighted by Crippen LogP contribution is -2.49. The van der Waals surface area contributed by atoms with Crippen molar-refractivity contribution in [3.63, 3.8) is 0 Å². The zero-order valence-corrected chi connectivity index (χ0v) is 15.7. The van der Waals surface area contributed by atoms with Crippen molar-refractivity contribution in [3.8, 4) is 0 Å². The van der Waals surface area contributed by atoms with Crippen LogP contribution in [0.1, 0.15) is 23.0 Å². The molecule has 1 aliphatic heterocycles. The molecule has 1 aliphatic rings. The van der Waals surface area contributed by atoms with Crippen molar-refractivity contribution in [1.82, 2.24) is 14.3 Å². The molecule has 0 unspecified atom stereocenters. The van der Waals surface area contributed by atoms with Crippen molar-refractivity contribution in [2.75, 3.05) is 31.1 Å². The van der Waals surface area contributed by atoms with E-state index in [1.54, 1.807) is 17.0 Å². The van der Waals surface area contributed by atoms with Crippen molar-refractivity contribution < 1.29 is 14.0 Å². The minimum absolute atomic E-state index is 0.0350. The van der Waals surface area contributed by atoms with E-state index in [1.807, 2.05) is 27.1 Å². The van der Waals surface area contributed by atoms with E-state index in [1.165, 1.54) is 24.3 Å². The summed E-state index contributed by atoms with van der Waals surface area (Å²) in [6, 6.07) is 4.56. The highest BCUT2D eigenvalue weighted by Gasteiger charge is 2.23. The summed E-state index contributed by atoms with van der Waals surface area (Å²) in [5.41, 5.74) is 1.60. The fourth-order valence-corrected chi connectivity index (χ4v) is 4.03. The third kappa shape index (κ3) is 3.57. The van der Waals surface area contributed by atoms with Gasteiger partial charge in [0.2, 0.25) is 5.91 Å². The highest BCUT2D eigenvalue weighted by Crippen LogP contribution is 2.22. The number of ketones is 1. The molecule has 2 aromatic heterocycles. The molecule has 0 N–H and O–H groups in total. The Labute approximate surface area is 159 Å². The molecule has 1 saturated heterocycles. The first-order valence-electron chi connectivity index (χ1n) is 8.75. The van der Waals surface area contributed by atoms with Crippen LogP contribution in [0.25, 0.3) is 4.96 Å². The highest BCUT2D eigenvalue weighted by molar-refractivity contribution is 7.15. The zero-order valence-electron chi connectivity index (χ0n) is 14.9. The van der Waals surface area contributed by atoms with Crippen LogP contribution < -0.4 is 4.90 Å². The van der Waals surface area contributed by atoms with Crippen LogP contribution >= 0.6 is 11.3 Å². The van der Waals surface area contributed by atoms with E-state index in [0.29, 0.717) is 37.4 Å². The molecule has 1 amide bonds. The number of piperazine rings is 1. The molecule has 27 heavy (non-hydrogen) atoms. The Morgan fingerprint density at radius 2 is 2.00 bits per heavy atom. The molecule has 1 fully saturated rings. The molecule has 140 valence electrons. The predicted molar refractivity (Wildman–Crippen MR) is 102 cm³/mol. The summed E-state index contributed by atoms with van der Waals surface area (Å²) in [7, 11) is 0. The van der Waals surface area contributed by atoms with Crippen LogP contribution in [0.4, 0.5) is 10.1 Å². The summed E-state index contributed by atoms with van der Waals surface area (Å²) in [4.78, 5) is 33.0. The zero-order chi connectivity index (χ0) is 19.0. The summed E-state index contributed by atoms with van der Waals surface area (Å²) >= 11 is 1.54. The molecule has 3 heterocycles. The number of carbonyl (C=O) groups is 2. The maximum atomic E-state index is 14.3. The van der Waals surface area contributed by atoms with Crippen molar-refractivity contribution >= 4 is 33.7 Å². The maximum Gasteiger partial charge on any atom is 0.228 e. The molecule has 0 bridgehead atoms. The number of Topliss-reactive ketones (excluding diaryl/α,β-unsaturated/α-hetero) is 1. The topological polar surface area (TPSA) is 57.9 Å². The number of thiazole rings is 1. The Morgan fingerprint density at radius 1 is 1.22 bits per heavy atom. The lowest BCUT2D eigenvalue weighted by atomic mass is 10.1. The van der Waals surface area contributed by atoms with E-state index >= 15 is 0 Å². The number of imidazole rings is 1. The minimum atomic E-state index is -0.402. The van der Waals surface area contributed by atoms with Crippen LogP contribution in [0.5, 0.6) is 0 Å². The number of amides is 1. The molecule has 4 rings (SSSR count). The van der Waals surface area contributed by atoms with Gasteiger partial charge in [-0.15, -0.1) is 11.3 Å². The van der Waals surface area contributed by atoms with Gasteiger partial charge in [-0.05, 0) is 25.1 Å². The van der Waals surface area contributed by atoms with Gasteiger partial charge in [0.05, 0.1) is 17.8 Å². The number of aromatic nitrogens is 2. The SMILES string of the molecule is CC(=O)c1ccc(N2CCN(C(=O)Cc3cn4ccsc4n3)CC2)c(F)c1. The monoisotopic (exact) mass is 386 g/mol. The average Bonchev–Trinajstić information content (AvgIpc) is 3.23. The van der Waals surface area contributed by atoms with Crippen molar-refractivity contribution in [1.29, 1.82) is 0 Å². The van der Waals surface area contributed by atoms with Gasteiger partial charge in [-0.1, -0.05) is 0 Å². The van der Waals surface area contributed by atoms with Crippen LogP contribution in [-0.2, 0) is 11.2 Å². The molecular weight excluding hydrogens is 367 g/mol. The molecule has 8 heteroatoms. The van der Waals surface area contributed by atoms with Gasteiger partial charge in [-0.3, -0.25) is 14.0 Å². The van der Waals surface area contributed by atoms with Crippen LogP contribution in [-0.4, -0.2) is 52.2 Å². The van der Waals surface area contributed by atoms with Gasteiger partial charge in [0.1, 0.15) is 5.82 Å². The normalized spacial score (nSPS) is 14.7. The molecular formula is C19H19FN4O2S. The molecule has 0 saturated carbocycles. The first-order valence-corrected chi connectivity index (χ1v) is 9.63. The molecule has 0 aliphatic carbocycles. The third-order valence-corrected chi connectivity index (χ3v) is 5.57. The van der Waals surface area contributed by atoms with Gasteiger partial charge < -0.3 is 9.80 Å². The summed E-state index contributed by atoms with van der Waals surface area (Å²) in [6.45, 7) is 3.60. The number of benzene rings is 1. The van der Waals surface area contributed by atoms with Crippen LogP contribution in [0.2, 0.25) is 0 Å². The van der Waals surface area contributed by atoms with Crippen molar-refractivity contribution in [2.45, 2.75) is 13.3 Å². The number of anilines is 1. The maximum absolute atomic E-state index is 14.3. The fraction of sp³-hybridized carbons (Fsp3) is 0.316. The Kier molecular flexibility index (Phi) is 4.65. The van der Waals surface area contributed by atoms with Crippen LogP contribution in [0, 0.1) is 5.82 Å². The largest absolute Gasteiger partial charge is 0.366 e. The van der Waals surface area contributed by atoms with Gasteiger partial charge in [-0.2, -0.15) is 0 Å². The molecule has 0 spiro atoms. The fourth-order valence-electron chi connectivity index (χ4n) is 3.31. The number of carbonyl (C=O) groups excluding carboxylic acids is 2. The number of fused-ring (bicyclic) bond motifs is 1. The summed E-state index contributed by atoms with van der Waals surface area (Å²) < 4.78 is 16.2. The molecule has 0 atom stereocenters. The Balaban J connectivity index is 1.37. The molecule has 3 aromatic rings. The molecule has 0 radical (unpaired) electrons. The molecule has 6 nitrogen and oxygen atoms in total. The Morgan fingerprint density at radius 3 is 2.67 bits per heavy atom. The Hall–Kier alpha value is -2.74. The highest BCUT2D eigenvalue weighted by atomic mass is 32.1. The van der Waals surface area contributed by atoms with E-state index in [2.05, 4.69) is 4.98 Å². The smallest absolute Gasteiger partial charge is 0.228 e.